The van der Waals surface area contributed by atoms with Crippen LogP contribution in [-0.4, -0.2) is 28.0 Å². The summed E-state index contributed by atoms with van der Waals surface area (Å²) in [4.78, 5) is 40.9. The maximum absolute atomic E-state index is 12.9. The second-order valence-corrected chi connectivity index (χ2v) is 6.63. The highest BCUT2D eigenvalue weighted by Gasteiger charge is 2.21. The molecule has 0 saturated heterocycles. The maximum atomic E-state index is 12.9. The van der Waals surface area contributed by atoms with Crippen LogP contribution in [-0.2, 0) is 20.9 Å². The van der Waals surface area contributed by atoms with Gasteiger partial charge in [-0.3, -0.25) is 14.2 Å². The SMILES string of the molecule is CCOC(=O)C(=O)Nc1ccc2c(=O)n3c(nc2c1)C(=Cc1ccccc1)CC3. The van der Waals surface area contributed by atoms with Gasteiger partial charge in [-0.15, -0.1) is 0 Å². The quantitative estimate of drug-likeness (QED) is 0.550. The molecule has 7 heteroatoms. The van der Waals surface area contributed by atoms with Crippen molar-refractivity contribution < 1.29 is 14.3 Å². The van der Waals surface area contributed by atoms with Gasteiger partial charge in [-0.1, -0.05) is 30.3 Å². The summed E-state index contributed by atoms with van der Waals surface area (Å²) in [5.41, 5.74) is 2.74. The van der Waals surface area contributed by atoms with Crippen LogP contribution in [0, 0.1) is 0 Å². The summed E-state index contributed by atoms with van der Waals surface area (Å²) < 4.78 is 6.36. The molecule has 0 spiro atoms. The average molecular weight is 389 g/mol. The molecule has 1 amide bonds. The van der Waals surface area contributed by atoms with Gasteiger partial charge in [0.05, 0.1) is 17.5 Å². The van der Waals surface area contributed by atoms with Gasteiger partial charge in [-0.25, -0.2) is 9.78 Å². The van der Waals surface area contributed by atoms with Gasteiger partial charge in [0, 0.05) is 12.2 Å². The molecule has 1 aromatic heterocycles. The highest BCUT2D eigenvalue weighted by Crippen LogP contribution is 2.28. The van der Waals surface area contributed by atoms with Crippen molar-refractivity contribution in [3.05, 3.63) is 70.3 Å². The molecule has 0 unspecified atom stereocenters. The van der Waals surface area contributed by atoms with E-state index in [1.54, 1.807) is 29.7 Å². The molecule has 0 aliphatic carbocycles. The van der Waals surface area contributed by atoms with Gasteiger partial charge in [0.1, 0.15) is 5.82 Å². The number of esters is 1. The topological polar surface area (TPSA) is 90.3 Å². The molecule has 1 aliphatic heterocycles. The molecule has 4 rings (SSSR count). The minimum absolute atomic E-state index is 0.116. The molecule has 0 atom stereocenters. The number of carbonyl (C=O) groups excluding carboxylic acids is 2. The number of rotatable bonds is 3. The zero-order valence-electron chi connectivity index (χ0n) is 15.8. The van der Waals surface area contributed by atoms with Crippen molar-refractivity contribution in [2.75, 3.05) is 11.9 Å². The molecule has 0 saturated carbocycles. The molecule has 3 aromatic rings. The highest BCUT2D eigenvalue weighted by molar-refractivity contribution is 6.37. The largest absolute Gasteiger partial charge is 0.459 e. The van der Waals surface area contributed by atoms with Gasteiger partial charge in [0.15, 0.2) is 0 Å². The zero-order valence-corrected chi connectivity index (χ0v) is 15.8. The van der Waals surface area contributed by atoms with E-state index in [1.165, 1.54) is 0 Å². The summed E-state index contributed by atoms with van der Waals surface area (Å²) in [6.07, 6.45) is 2.75. The number of hydrogen-bond acceptors (Lipinski definition) is 5. The molecule has 0 bridgehead atoms. The van der Waals surface area contributed by atoms with Crippen LogP contribution in [0.3, 0.4) is 0 Å². The minimum Gasteiger partial charge on any atom is -0.459 e. The van der Waals surface area contributed by atoms with Crippen LogP contribution in [0.5, 0.6) is 0 Å². The normalized spacial score (nSPS) is 14.0. The Labute approximate surface area is 166 Å². The van der Waals surface area contributed by atoms with Gasteiger partial charge in [-0.2, -0.15) is 0 Å². The summed E-state index contributed by atoms with van der Waals surface area (Å²) in [5.74, 6) is -1.20. The number of aromatic nitrogens is 2. The van der Waals surface area contributed by atoms with Crippen LogP contribution >= 0.6 is 0 Å². The lowest BCUT2D eigenvalue weighted by Crippen LogP contribution is -2.25. The van der Waals surface area contributed by atoms with Gasteiger partial charge in [0.25, 0.3) is 5.56 Å². The maximum Gasteiger partial charge on any atom is 0.397 e. The standard InChI is InChI=1S/C22H19N3O4/c1-2-29-22(28)20(26)23-16-8-9-17-18(13-16)24-19-15(10-11-25(19)21(17)27)12-14-6-4-3-5-7-14/h3-9,12-13H,2,10-11H2,1H3,(H,23,26). The number of allylic oxidation sites excluding steroid dienone is 1. The lowest BCUT2D eigenvalue weighted by molar-refractivity contribution is -0.152. The fourth-order valence-corrected chi connectivity index (χ4v) is 3.36. The first kappa shape index (κ1) is 18.6. The van der Waals surface area contributed by atoms with E-state index in [1.807, 2.05) is 36.4 Å². The zero-order chi connectivity index (χ0) is 20.4. The van der Waals surface area contributed by atoms with Gasteiger partial charge in [0.2, 0.25) is 0 Å². The third kappa shape index (κ3) is 3.67. The Bertz CT molecular complexity index is 1200. The predicted molar refractivity (Wildman–Crippen MR) is 110 cm³/mol. The Kier molecular flexibility index (Phi) is 4.95. The first-order valence-corrected chi connectivity index (χ1v) is 9.35. The number of amides is 1. The molecule has 2 heterocycles. The second kappa shape index (κ2) is 7.71. The smallest absolute Gasteiger partial charge is 0.397 e. The van der Waals surface area contributed by atoms with Crippen LogP contribution in [0.4, 0.5) is 5.69 Å². The van der Waals surface area contributed by atoms with Crippen LogP contribution in [0.25, 0.3) is 22.6 Å². The Morgan fingerprint density at radius 1 is 1.21 bits per heavy atom. The molecule has 146 valence electrons. The summed E-state index contributed by atoms with van der Waals surface area (Å²) in [6, 6.07) is 14.6. The van der Waals surface area contributed by atoms with Crippen molar-refractivity contribution in [2.24, 2.45) is 0 Å². The van der Waals surface area contributed by atoms with E-state index in [0.29, 0.717) is 29.0 Å². The van der Waals surface area contributed by atoms with E-state index in [0.717, 1.165) is 17.6 Å². The van der Waals surface area contributed by atoms with E-state index in [-0.39, 0.29) is 12.2 Å². The molecular weight excluding hydrogens is 370 g/mol. The van der Waals surface area contributed by atoms with Crippen molar-refractivity contribution >= 4 is 40.1 Å². The number of fused-ring (bicyclic) bond motifs is 2. The lowest BCUT2D eigenvalue weighted by Gasteiger charge is -2.08. The van der Waals surface area contributed by atoms with Crippen LogP contribution in [0.1, 0.15) is 24.7 Å². The Morgan fingerprint density at radius 3 is 2.76 bits per heavy atom. The summed E-state index contributed by atoms with van der Waals surface area (Å²) in [7, 11) is 0. The van der Waals surface area contributed by atoms with E-state index >= 15 is 0 Å². The Morgan fingerprint density at radius 2 is 2.00 bits per heavy atom. The van der Waals surface area contributed by atoms with E-state index in [9.17, 15) is 14.4 Å². The molecule has 29 heavy (non-hydrogen) atoms. The Hall–Kier alpha value is -3.74. The number of carbonyl (C=O) groups is 2. The number of ether oxygens (including phenoxy) is 1. The van der Waals surface area contributed by atoms with E-state index < -0.39 is 11.9 Å². The van der Waals surface area contributed by atoms with Crippen LogP contribution < -0.4 is 10.9 Å². The van der Waals surface area contributed by atoms with Crippen molar-refractivity contribution in [3.63, 3.8) is 0 Å². The summed E-state index contributed by atoms with van der Waals surface area (Å²) >= 11 is 0. The Balaban J connectivity index is 1.72. The summed E-state index contributed by atoms with van der Waals surface area (Å²) in [5, 5.41) is 2.94. The number of anilines is 1. The third-order valence-corrected chi connectivity index (χ3v) is 4.71. The number of nitrogens with one attached hydrogen (secondary N) is 1. The fraction of sp³-hybridized carbons (Fsp3) is 0.182. The molecule has 2 aromatic carbocycles. The first-order valence-electron chi connectivity index (χ1n) is 9.35. The second-order valence-electron chi connectivity index (χ2n) is 6.63. The molecule has 0 fully saturated rings. The van der Waals surface area contributed by atoms with Crippen molar-refractivity contribution in [1.29, 1.82) is 0 Å². The first-order chi connectivity index (χ1) is 14.1. The monoisotopic (exact) mass is 389 g/mol. The molecule has 7 nitrogen and oxygen atoms in total. The van der Waals surface area contributed by atoms with Gasteiger partial charge in [-0.05, 0) is 48.8 Å². The molecular formula is C22H19N3O4. The predicted octanol–water partition coefficient (Wildman–Crippen LogP) is 2.84. The van der Waals surface area contributed by atoms with E-state index in [4.69, 9.17) is 0 Å². The molecule has 1 aliphatic rings. The number of hydrogen-bond donors (Lipinski definition) is 1. The fourth-order valence-electron chi connectivity index (χ4n) is 3.36. The van der Waals surface area contributed by atoms with Crippen molar-refractivity contribution in [3.8, 4) is 0 Å². The highest BCUT2D eigenvalue weighted by atomic mass is 16.5. The third-order valence-electron chi connectivity index (χ3n) is 4.71. The summed E-state index contributed by atoms with van der Waals surface area (Å²) in [6.45, 7) is 2.32. The lowest BCUT2D eigenvalue weighted by atomic mass is 10.1. The number of benzene rings is 2. The molecule has 0 radical (unpaired) electrons. The average Bonchev–Trinajstić information content (AvgIpc) is 3.11. The van der Waals surface area contributed by atoms with Gasteiger partial charge >= 0.3 is 11.9 Å². The number of nitrogens with zero attached hydrogens (tertiary/aromatic N) is 2. The van der Waals surface area contributed by atoms with Gasteiger partial charge < -0.3 is 10.1 Å². The van der Waals surface area contributed by atoms with Crippen LogP contribution in [0.2, 0.25) is 0 Å². The van der Waals surface area contributed by atoms with Crippen molar-refractivity contribution in [1.82, 2.24) is 9.55 Å². The van der Waals surface area contributed by atoms with E-state index in [2.05, 4.69) is 15.0 Å². The van der Waals surface area contributed by atoms with Crippen LogP contribution in [0.15, 0.2) is 53.3 Å². The molecule has 1 N–H and O–H groups in total. The van der Waals surface area contributed by atoms with Crippen molar-refractivity contribution in [2.45, 2.75) is 19.9 Å². The minimum atomic E-state index is -0.956.